The van der Waals surface area contributed by atoms with Crippen LogP contribution in [0.3, 0.4) is 0 Å². The fraction of sp³-hybridized carbons (Fsp3) is 0.562. The number of aryl methyl sites for hydroxylation is 1. The Kier molecular flexibility index (Phi) is 4.27. The summed E-state index contributed by atoms with van der Waals surface area (Å²) in [5.41, 5.74) is 1.91. The number of carbonyl (C=O) groups is 2. The highest BCUT2D eigenvalue weighted by atomic mass is 16.2. The van der Waals surface area contributed by atoms with Crippen LogP contribution >= 0.6 is 0 Å². The van der Waals surface area contributed by atoms with Crippen molar-refractivity contribution < 1.29 is 9.59 Å². The van der Waals surface area contributed by atoms with E-state index in [4.69, 9.17) is 0 Å². The largest absolute Gasteiger partial charge is 0.342 e. The molecule has 3 amide bonds. The van der Waals surface area contributed by atoms with Crippen LogP contribution in [0.15, 0.2) is 18.3 Å². The fourth-order valence-electron chi connectivity index (χ4n) is 3.15. The molecule has 6 heteroatoms. The van der Waals surface area contributed by atoms with Gasteiger partial charge in [0.1, 0.15) is 0 Å². The topological polar surface area (TPSA) is 65.5 Å². The lowest BCUT2D eigenvalue weighted by atomic mass is 10.0. The number of hydrogen-bond acceptors (Lipinski definition) is 3. The van der Waals surface area contributed by atoms with Crippen LogP contribution in [0.4, 0.5) is 4.79 Å². The first kappa shape index (κ1) is 14.8. The Morgan fingerprint density at radius 3 is 2.68 bits per heavy atom. The van der Waals surface area contributed by atoms with Gasteiger partial charge < -0.3 is 15.1 Å². The van der Waals surface area contributed by atoms with E-state index in [-0.39, 0.29) is 18.0 Å². The summed E-state index contributed by atoms with van der Waals surface area (Å²) in [5.74, 6) is 0.148. The second kappa shape index (κ2) is 6.34. The number of amides is 3. The molecule has 0 saturated carbocycles. The molecular formula is C16H22N4O2. The molecule has 0 spiro atoms. The zero-order valence-electron chi connectivity index (χ0n) is 12.9. The molecule has 2 saturated heterocycles. The van der Waals surface area contributed by atoms with Gasteiger partial charge >= 0.3 is 6.03 Å². The lowest BCUT2D eigenvalue weighted by Crippen LogP contribution is -2.48. The lowest BCUT2D eigenvalue weighted by molar-refractivity contribution is -0.131. The van der Waals surface area contributed by atoms with Crippen molar-refractivity contribution >= 4 is 11.9 Å². The summed E-state index contributed by atoms with van der Waals surface area (Å²) < 4.78 is 0. The standard InChI is InChI=1S/C16H22N4O2/c1-12-2-3-13(11-18-12)10-15(21)19-7-4-14(5-8-19)20-9-6-17-16(20)22/h2-3,11,14H,4-10H2,1H3,(H,17,22). The van der Waals surface area contributed by atoms with Crippen molar-refractivity contribution in [3.05, 3.63) is 29.6 Å². The van der Waals surface area contributed by atoms with Gasteiger partial charge in [-0.05, 0) is 31.4 Å². The van der Waals surface area contributed by atoms with Crippen LogP contribution in [0, 0.1) is 6.92 Å². The van der Waals surface area contributed by atoms with Gasteiger partial charge in [0, 0.05) is 44.1 Å². The van der Waals surface area contributed by atoms with E-state index in [9.17, 15) is 9.59 Å². The molecule has 0 atom stereocenters. The predicted octanol–water partition coefficient (Wildman–Crippen LogP) is 0.949. The first-order valence-electron chi connectivity index (χ1n) is 7.87. The molecule has 1 aromatic heterocycles. The summed E-state index contributed by atoms with van der Waals surface area (Å²) in [6.07, 6.45) is 3.91. The summed E-state index contributed by atoms with van der Waals surface area (Å²) in [5, 5.41) is 2.84. The lowest BCUT2D eigenvalue weighted by Gasteiger charge is -2.36. The molecule has 2 aliphatic heterocycles. The second-order valence-corrected chi connectivity index (χ2v) is 6.02. The van der Waals surface area contributed by atoms with E-state index < -0.39 is 0 Å². The molecule has 118 valence electrons. The van der Waals surface area contributed by atoms with Crippen molar-refractivity contribution in [2.75, 3.05) is 26.2 Å². The van der Waals surface area contributed by atoms with Gasteiger partial charge in [-0.15, -0.1) is 0 Å². The van der Waals surface area contributed by atoms with E-state index >= 15 is 0 Å². The van der Waals surface area contributed by atoms with Gasteiger partial charge in [-0.1, -0.05) is 6.07 Å². The maximum atomic E-state index is 12.3. The van der Waals surface area contributed by atoms with E-state index in [2.05, 4.69) is 10.3 Å². The Hall–Kier alpha value is -2.11. The number of nitrogens with one attached hydrogen (secondary N) is 1. The maximum absolute atomic E-state index is 12.3. The molecule has 1 N–H and O–H groups in total. The molecule has 3 heterocycles. The van der Waals surface area contributed by atoms with Crippen LogP contribution < -0.4 is 5.32 Å². The molecule has 0 bridgehead atoms. The number of hydrogen-bond donors (Lipinski definition) is 1. The van der Waals surface area contributed by atoms with Gasteiger partial charge in [-0.25, -0.2) is 4.79 Å². The molecule has 0 aliphatic carbocycles. The van der Waals surface area contributed by atoms with E-state index in [0.717, 1.165) is 50.3 Å². The number of urea groups is 1. The molecular weight excluding hydrogens is 280 g/mol. The first-order chi connectivity index (χ1) is 10.6. The Bertz CT molecular complexity index is 550. The van der Waals surface area contributed by atoms with Crippen LogP contribution in [0.1, 0.15) is 24.1 Å². The zero-order chi connectivity index (χ0) is 15.5. The van der Waals surface area contributed by atoms with Crippen molar-refractivity contribution in [1.29, 1.82) is 0 Å². The Balaban J connectivity index is 1.51. The number of rotatable bonds is 3. The fourth-order valence-corrected chi connectivity index (χ4v) is 3.15. The van der Waals surface area contributed by atoms with Crippen molar-refractivity contribution in [1.82, 2.24) is 20.1 Å². The van der Waals surface area contributed by atoms with Crippen LogP contribution in [-0.4, -0.2) is 58.9 Å². The van der Waals surface area contributed by atoms with E-state index in [0.29, 0.717) is 6.42 Å². The number of aromatic nitrogens is 1. The predicted molar refractivity (Wildman–Crippen MR) is 82.4 cm³/mol. The average molecular weight is 302 g/mol. The highest BCUT2D eigenvalue weighted by Crippen LogP contribution is 2.19. The molecule has 0 unspecified atom stereocenters. The average Bonchev–Trinajstić information content (AvgIpc) is 2.96. The van der Waals surface area contributed by atoms with Crippen molar-refractivity contribution in [3.8, 4) is 0 Å². The van der Waals surface area contributed by atoms with Crippen molar-refractivity contribution in [2.45, 2.75) is 32.2 Å². The quantitative estimate of drug-likeness (QED) is 0.904. The van der Waals surface area contributed by atoms with Gasteiger partial charge in [-0.2, -0.15) is 0 Å². The van der Waals surface area contributed by atoms with Crippen LogP contribution in [0.5, 0.6) is 0 Å². The van der Waals surface area contributed by atoms with E-state index in [1.54, 1.807) is 6.20 Å². The third-order valence-corrected chi connectivity index (χ3v) is 4.48. The van der Waals surface area contributed by atoms with Gasteiger partial charge in [0.15, 0.2) is 0 Å². The van der Waals surface area contributed by atoms with Gasteiger partial charge in [0.25, 0.3) is 0 Å². The maximum Gasteiger partial charge on any atom is 0.317 e. The number of pyridine rings is 1. The Labute approximate surface area is 130 Å². The molecule has 6 nitrogen and oxygen atoms in total. The molecule has 0 radical (unpaired) electrons. The molecule has 1 aromatic rings. The summed E-state index contributed by atoms with van der Waals surface area (Å²) in [6, 6.07) is 4.20. The summed E-state index contributed by atoms with van der Waals surface area (Å²) in [4.78, 5) is 32.1. The third kappa shape index (κ3) is 3.21. The number of piperidine rings is 1. The van der Waals surface area contributed by atoms with Gasteiger partial charge in [-0.3, -0.25) is 9.78 Å². The highest BCUT2D eigenvalue weighted by molar-refractivity contribution is 5.79. The Morgan fingerprint density at radius 1 is 1.32 bits per heavy atom. The number of nitrogens with zero attached hydrogens (tertiary/aromatic N) is 3. The van der Waals surface area contributed by atoms with Gasteiger partial charge in [0.05, 0.1) is 6.42 Å². The normalized spacial score (nSPS) is 19.4. The zero-order valence-corrected chi connectivity index (χ0v) is 12.9. The first-order valence-corrected chi connectivity index (χ1v) is 7.87. The Morgan fingerprint density at radius 2 is 2.09 bits per heavy atom. The number of carbonyl (C=O) groups excluding carboxylic acids is 2. The summed E-state index contributed by atoms with van der Waals surface area (Å²) in [7, 11) is 0. The minimum Gasteiger partial charge on any atom is -0.342 e. The van der Waals surface area contributed by atoms with Crippen LogP contribution in [0.25, 0.3) is 0 Å². The molecule has 0 aromatic carbocycles. The summed E-state index contributed by atoms with van der Waals surface area (Å²) in [6.45, 7) is 4.91. The number of likely N-dealkylation sites (tertiary alicyclic amines) is 1. The third-order valence-electron chi connectivity index (χ3n) is 4.48. The SMILES string of the molecule is Cc1ccc(CC(=O)N2CCC(N3CCNC3=O)CC2)cn1. The molecule has 3 rings (SSSR count). The summed E-state index contributed by atoms with van der Waals surface area (Å²) >= 11 is 0. The van der Waals surface area contributed by atoms with E-state index in [1.807, 2.05) is 28.9 Å². The van der Waals surface area contributed by atoms with E-state index in [1.165, 1.54) is 0 Å². The van der Waals surface area contributed by atoms with Crippen LogP contribution in [0.2, 0.25) is 0 Å². The van der Waals surface area contributed by atoms with Crippen LogP contribution in [-0.2, 0) is 11.2 Å². The monoisotopic (exact) mass is 302 g/mol. The minimum atomic E-state index is 0.0375. The molecule has 2 aliphatic rings. The second-order valence-electron chi connectivity index (χ2n) is 6.02. The minimum absolute atomic E-state index is 0.0375. The molecule has 2 fully saturated rings. The molecule has 22 heavy (non-hydrogen) atoms. The highest BCUT2D eigenvalue weighted by Gasteiger charge is 2.31. The van der Waals surface area contributed by atoms with Crippen molar-refractivity contribution in [3.63, 3.8) is 0 Å². The smallest absolute Gasteiger partial charge is 0.317 e. The van der Waals surface area contributed by atoms with Crippen molar-refractivity contribution in [2.24, 2.45) is 0 Å². The van der Waals surface area contributed by atoms with Gasteiger partial charge in [0.2, 0.25) is 5.91 Å².